The second kappa shape index (κ2) is 6.57. The van der Waals surface area contributed by atoms with Crippen LogP contribution in [0.2, 0.25) is 4.34 Å². The Morgan fingerprint density at radius 1 is 1.47 bits per heavy atom. The first-order valence-corrected chi connectivity index (χ1v) is 7.51. The second-order valence-electron chi connectivity index (χ2n) is 4.81. The molecule has 0 aliphatic rings. The van der Waals surface area contributed by atoms with Gasteiger partial charge in [-0.3, -0.25) is 4.90 Å². The molecule has 0 aromatic carbocycles. The topological polar surface area (TPSA) is 28.4 Å². The van der Waals surface area contributed by atoms with Crippen molar-refractivity contribution in [2.75, 3.05) is 20.6 Å². The molecule has 2 rings (SSSR count). The predicted octanol–water partition coefficient (Wildman–Crippen LogP) is 3.95. The van der Waals surface area contributed by atoms with Gasteiger partial charge >= 0.3 is 0 Å². The van der Waals surface area contributed by atoms with Gasteiger partial charge in [-0.2, -0.15) is 0 Å². The first-order chi connectivity index (χ1) is 9.08. The third kappa shape index (κ3) is 3.83. The van der Waals surface area contributed by atoms with E-state index in [1.807, 2.05) is 18.2 Å². The van der Waals surface area contributed by atoms with Crippen LogP contribution in [0.5, 0.6) is 0 Å². The molecule has 0 spiro atoms. The van der Waals surface area contributed by atoms with Crippen molar-refractivity contribution in [3.8, 4) is 0 Å². The normalized spacial score (nSPS) is 14.8. The van der Waals surface area contributed by atoms with Crippen molar-refractivity contribution in [1.82, 2.24) is 10.2 Å². The first-order valence-electron chi connectivity index (χ1n) is 6.25. The Morgan fingerprint density at radius 3 is 2.79 bits per heavy atom. The minimum absolute atomic E-state index is 0.228. The van der Waals surface area contributed by atoms with E-state index < -0.39 is 0 Å². The number of likely N-dealkylation sites (N-methyl/N-ethyl adjacent to an activating group) is 1. The highest BCUT2D eigenvalue weighted by atomic mass is 35.5. The molecule has 0 saturated heterocycles. The van der Waals surface area contributed by atoms with Gasteiger partial charge in [-0.15, -0.1) is 11.3 Å². The van der Waals surface area contributed by atoms with Crippen molar-refractivity contribution in [3.63, 3.8) is 0 Å². The smallest absolute Gasteiger partial charge is 0.122 e. The number of rotatable bonds is 6. The van der Waals surface area contributed by atoms with E-state index in [4.69, 9.17) is 16.0 Å². The lowest BCUT2D eigenvalue weighted by atomic mass is 10.1. The zero-order valence-electron chi connectivity index (χ0n) is 11.4. The van der Waals surface area contributed by atoms with Crippen LogP contribution in [-0.4, -0.2) is 25.5 Å². The molecule has 0 aliphatic carbocycles. The van der Waals surface area contributed by atoms with E-state index in [1.165, 1.54) is 5.56 Å². The molecule has 5 heteroatoms. The summed E-state index contributed by atoms with van der Waals surface area (Å²) in [6.07, 6.45) is 1.72. The van der Waals surface area contributed by atoms with Gasteiger partial charge in [0.05, 0.1) is 16.6 Å². The van der Waals surface area contributed by atoms with Crippen molar-refractivity contribution >= 4 is 22.9 Å². The van der Waals surface area contributed by atoms with Gasteiger partial charge in [-0.1, -0.05) is 11.6 Å². The molecule has 19 heavy (non-hydrogen) atoms. The lowest BCUT2D eigenvalue weighted by molar-refractivity contribution is 0.245. The summed E-state index contributed by atoms with van der Waals surface area (Å²) in [7, 11) is 4.11. The minimum Gasteiger partial charge on any atom is -0.468 e. The molecule has 2 heterocycles. The molecule has 0 amide bonds. The Labute approximate surface area is 123 Å². The molecule has 0 aliphatic heterocycles. The van der Waals surface area contributed by atoms with E-state index >= 15 is 0 Å². The van der Waals surface area contributed by atoms with Gasteiger partial charge in [0.15, 0.2) is 0 Å². The number of hydrogen-bond donors (Lipinski definition) is 1. The second-order valence-corrected chi connectivity index (χ2v) is 6.35. The largest absolute Gasteiger partial charge is 0.468 e. The molecule has 1 N–H and O–H groups in total. The van der Waals surface area contributed by atoms with Crippen LogP contribution in [0.25, 0.3) is 0 Å². The van der Waals surface area contributed by atoms with Crippen LogP contribution in [0.1, 0.15) is 30.3 Å². The highest BCUT2D eigenvalue weighted by Crippen LogP contribution is 2.25. The highest BCUT2D eigenvalue weighted by Gasteiger charge is 2.18. The maximum atomic E-state index is 5.97. The van der Waals surface area contributed by atoms with Crippen molar-refractivity contribution in [2.24, 2.45) is 0 Å². The van der Waals surface area contributed by atoms with Crippen molar-refractivity contribution in [1.29, 1.82) is 0 Å². The lowest BCUT2D eigenvalue weighted by Crippen LogP contribution is -2.32. The van der Waals surface area contributed by atoms with Gasteiger partial charge in [-0.25, -0.2) is 0 Å². The summed E-state index contributed by atoms with van der Waals surface area (Å²) in [6, 6.07) is 6.46. The van der Waals surface area contributed by atoms with E-state index in [-0.39, 0.29) is 12.1 Å². The Bertz CT molecular complexity index is 495. The molecule has 2 unspecified atom stereocenters. The molecule has 0 bridgehead atoms. The number of hydrogen-bond acceptors (Lipinski definition) is 4. The average molecular weight is 299 g/mol. The van der Waals surface area contributed by atoms with Gasteiger partial charge in [0.2, 0.25) is 0 Å². The molecular weight excluding hydrogens is 280 g/mol. The summed E-state index contributed by atoms with van der Waals surface area (Å²) in [5.41, 5.74) is 1.23. The average Bonchev–Trinajstić information content (AvgIpc) is 3.00. The lowest BCUT2D eigenvalue weighted by Gasteiger charge is -2.24. The fourth-order valence-corrected chi connectivity index (χ4v) is 2.96. The van der Waals surface area contributed by atoms with Gasteiger partial charge in [0.25, 0.3) is 0 Å². The molecule has 0 radical (unpaired) electrons. The summed E-state index contributed by atoms with van der Waals surface area (Å²) in [5.74, 6) is 0.980. The zero-order chi connectivity index (χ0) is 13.8. The molecule has 3 nitrogen and oxygen atoms in total. The number of furan rings is 1. The monoisotopic (exact) mass is 298 g/mol. The van der Waals surface area contributed by atoms with Crippen LogP contribution in [0.15, 0.2) is 34.3 Å². The van der Waals surface area contributed by atoms with Crippen LogP contribution >= 0.6 is 22.9 Å². The van der Waals surface area contributed by atoms with Gasteiger partial charge in [-0.05, 0) is 50.2 Å². The van der Waals surface area contributed by atoms with Crippen LogP contribution in [0, 0.1) is 0 Å². The van der Waals surface area contributed by atoms with Crippen LogP contribution in [0.3, 0.4) is 0 Å². The summed E-state index contributed by atoms with van der Waals surface area (Å²) in [6.45, 7) is 2.97. The molecule has 2 aromatic heterocycles. The zero-order valence-corrected chi connectivity index (χ0v) is 13.0. The molecule has 104 valence electrons. The molecule has 2 aromatic rings. The van der Waals surface area contributed by atoms with Gasteiger partial charge in [0.1, 0.15) is 5.76 Å². The first kappa shape index (κ1) is 14.6. The number of nitrogens with one attached hydrogen (secondary N) is 1. The molecule has 2 atom stereocenters. The Morgan fingerprint density at radius 2 is 2.26 bits per heavy atom. The minimum atomic E-state index is 0.228. The third-order valence-electron chi connectivity index (χ3n) is 3.20. The predicted molar refractivity (Wildman–Crippen MR) is 80.9 cm³/mol. The van der Waals surface area contributed by atoms with Crippen molar-refractivity contribution in [2.45, 2.75) is 19.0 Å². The quantitative estimate of drug-likeness (QED) is 0.875. The standard InChI is InChI=1S/C14H19ClN2OS/c1-10(11-7-14(15)19-9-11)16-8-12(17(2)3)13-5-4-6-18-13/h4-7,9-10,12,16H,8H2,1-3H3. The summed E-state index contributed by atoms with van der Waals surface area (Å²) in [4.78, 5) is 2.15. The van der Waals surface area contributed by atoms with Crippen LogP contribution in [-0.2, 0) is 0 Å². The summed E-state index contributed by atoms with van der Waals surface area (Å²) in [5, 5.41) is 5.62. The molecular formula is C14H19ClN2OS. The maximum Gasteiger partial charge on any atom is 0.122 e. The third-order valence-corrected chi connectivity index (χ3v) is 4.31. The summed E-state index contributed by atoms with van der Waals surface area (Å²) >= 11 is 7.53. The van der Waals surface area contributed by atoms with E-state index in [9.17, 15) is 0 Å². The SMILES string of the molecule is CC(NCC(c1ccco1)N(C)C)c1csc(Cl)c1. The Kier molecular flexibility index (Phi) is 5.05. The fraction of sp³-hybridized carbons (Fsp3) is 0.429. The van der Waals surface area contributed by atoms with Gasteiger partial charge in [0, 0.05) is 12.6 Å². The number of thiophene rings is 1. The van der Waals surface area contributed by atoms with Crippen LogP contribution in [0.4, 0.5) is 0 Å². The maximum absolute atomic E-state index is 5.97. The highest BCUT2D eigenvalue weighted by molar-refractivity contribution is 7.14. The fourth-order valence-electron chi connectivity index (χ4n) is 1.98. The van der Waals surface area contributed by atoms with Crippen LogP contribution < -0.4 is 5.32 Å². The van der Waals surface area contributed by atoms with E-state index in [1.54, 1.807) is 17.6 Å². The van der Waals surface area contributed by atoms with Gasteiger partial charge < -0.3 is 9.73 Å². The van der Waals surface area contributed by atoms with Crippen molar-refractivity contribution < 1.29 is 4.42 Å². The number of halogens is 1. The number of nitrogens with zero attached hydrogens (tertiary/aromatic N) is 1. The van der Waals surface area contributed by atoms with E-state index in [0.717, 1.165) is 16.6 Å². The molecule has 0 saturated carbocycles. The van der Waals surface area contributed by atoms with Crippen molar-refractivity contribution in [3.05, 3.63) is 45.5 Å². The van der Waals surface area contributed by atoms with E-state index in [0.29, 0.717) is 0 Å². The Hall–Kier alpha value is -0.810. The summed E-state index contributed by atoms with van der Waals surface area (Å²) < 4.78 is 6.33. The molecule has 0 fully saturated rings. The Balaban J connectivity index is 1.96. The van der Waals surface area contributed by atoms with E-state index in [2.05, 4.69) is 36.6 Å².